The van der Waals surface area contributed by atoms with Crippen LogP contribution in [0.15, 0.2) is 22.7 Å². The molecular formula is C14H17BrN2O2. The molecule has 0 unspecified atom stereocenters. The third kappa shape index (κ3) is 4.92. The Morgan fingerprint density at radius 2 is 2.16 bits per heavy atom. The van der Waals surface area contributed by atoms with E-state index in [0.29, 0.717) is 12.2 Å². The van der Waals surface area contributed by atoms with E-state index in [9.17, 15) is 4.79 Å². The standard InChI is InChI=1S/C14H17BrN2O2/c1-3-5-17(10-14(18)19-4-2)13-7-11(9-16)6-12(15)8-13/h6-8H,3-5,10H2,1-2H3. The van der Waals surface area contributed by atoms with Crippen molar-refractivity contribution in [3.63, 3.8) is 0 Å². The summed E-state index contributed by atoms with van der Waals surface area (Å²) >= 11 is 3.38. The summed E-state index contributed by atoms with van der Waals surface area (Å²) in [4.78, 5) is 13.5. The van der Waals surface area contributed by atoms with E-state index in [4.69, 9.17) is 10.00 Å². The van der Waals surface area contributed by atoms with Crippen LogP contribution in [-0.2, 0) is 9.53 Å². The molecule has 0 radical (unpaired) electrons. The number of nitrogens with zero attached hydrogens (tertiary/aromatic N) is 2. The van der Waals surface area contributed by atoms with Gasteiger partial charge in [-0.25, -0.2) is 0 Å². The number of benzene rings is 1. The zero-order chi connectivity index (χ0) is 14.3. The normalized spacial score (nSPS) is 9.79. The van der Waals surface area contributed by atoms with Gasteiger partial charge >= 0.3 is 5.97 Å². The van der Waals surface area contributed by atoms with E-state index in [1.807, 2.05) is 17.9 Å². The van der Waals surface area contributed by atoms with Crippen molar-refractivity contribution in [3.05, 3.63) is 28.2 Å². The smallest absolute Gasteiger partial charge is 0.325 e. The number of esters is 1. The zero-order valence-corrected chi connectivity index (χ0v) is 12.7. The van der Waals surface area contributed by atoms with Crippen LogP contribution in [0.4, 0.5) is 5.69 Å². The van der Waals surface area contributed by atoms with Crippen molar-refractivity contribution in [3.8, 4) is 6.07 Å². The maximum Gasteiger partial charge on any atom is 0.325 e. The Morgan fingerprint density at radius 3 is 2.74 bits per heavy atom. The van der Waals surface area contributed by atoms with Crippen LogP contribution in [0.2, 0.25) is 0 Å². The molecule has 0 N–H and O–H groups in total. The van der Waals surface area contributed by atoms with E-state index >= 15 is 0 Å². The molecule has 0 bridgehead atoms. The summed E-state index contributed by atoms with van der Waals surface area (Å²) in [5, 5.41) is 8.98. The van der Waals surface area contributed by atoms with Crippen LogP contribution in [0.3, 0.4) is 0 Å². The second kappa shape index (κ2) is 7.80. The predicted octanol–water partition coefficient (Wildman–Crippen LogP) is 3.10. The Bertz CT molecular complexity index is 483. The number of nitriles is 1. The summed E-state index contributed by atoms with van der Waals surface area (Å²) in [7, 11) is 0. The molecule has 19 heavy (non-hydrogen) atoms. The number of anilines is 1. The lowest BCUT2D eigenvalue weighted by Gasteiger charge is -2.23. The Morgan fingerprint density at radius 1 is 1.42 bits per heavy atom. The van der Waals surface area contributed by atoms with E-state index in [-0.39, 0.29) is 12.5 Å². The van der Waals surface area contributed by atoms with Crippen molar-refractivity contribution in [1.82, 2.24) is 0 Å². The van der Waals surface area contributed by atoms with Gasteiger partial charge < -0.3 is 9.64 Å². The quantitative estimate of drug-likeness (QED) is 0.754. The number of hydrogen-bond acceptors (Lipinski definition) is 4. The van der Waals surface area contributed by atoms with Crippen LogP contribution in [0, 0.1) is 11.3 Å². The maximum atomic E-state index is 11.6. The molecule has 0 saturated carbocycles. The van der Waals surface area contributed by atoms with Gasteiger partial charge in [0.05, 0.1) is 18.2 Å². The minimum atomic E-state index is -0.255. The van der Waals surface area contributed by atoms with Crippen LogP contribution in [-0.4, -0.2) is 25.7 Å². The lowest BCUT2D eigenvalue weighted by atomic mass is 10.2. The molecule has 1 aromatic rings. The van der Waals surface area contributed by atoms with Gasteiger partial charge in [0, 0.05) is 16.7 Å². The highest BCUT2D eigenvalue weighted by atomic mass is 79.9. The van der Waals surface area contributed by atoms with Crippen LogP contribution in [0.5, 0.6) is 0 Å². The average Bonchev–Trinajstić information content (AvgIpc) is 2.37. The maximum absolute atomic E-state index is 11.6. The average molecular weight is 325 g/mol. The highest BCUT2D eigenvalue weighted by Gasteiger charge is 2.13. The summed E-state index contributed by atoms with van der Waals surface area (Å²) < 4.78 is 5.80. The van der Waals surface area contributed by atoms with Gasteiger partial charge in [-0.15, -0.1) is 0 Å². The molecule has 0 spiro atoms. The number of halogens is 1. The molecule has 0 aliphatic heterocycles. The van der Waals surface area contributed by atoms with Crippen molar-refractivity contribution in [2.24, 2.45) is 0 Å². The first-order valence-electron chi connectivity index (χ1n) is 6.22. The first-order valence-corrected chi connectivity index (χ1v) is 7.01. The van der Waals surface area contributed by atoms with E-state index in [1.165, 1.54) is 0 Å². The fourth-order valence-corrected chi connectivity index (χ4v) is 2.23. The first kappa shape index (κ1) is 15.5. The summed E-state index contributed by atoms with van der Waals surface area (Å²) in [6, 6.07) is 7.53. The molecule has 0 amide bonds. The zero-order valence-electron chi connectivity index (χ0n) is 11.1. The molecule has 1 rings (SSSR count). The van der Waals surface area contributed by atoms with Gasteiger partial charge in [-0.2, -0.15) is 5.26 Å². The molecule has 0 atom stereocenters. The fourth-order valence-electron chi connectivity index (χ4n) is 1.75. The Hall–Kier alpha value is -1.54. The van der Waals surface area contributed by atoms with Crippen molar-refractivity contribution in [2.75, 3.05) is 24.6 Å². The number of ether oxygens (including phenoxy) is 1. The van der Waals surface area contributed by atoms with Gasteiger partial charge in [0.15, 0.2) is 0 Å². The lowest BCUT2D eigenvalue weighted by molar-refractivity contribution is -0.141. The SMILES string of the molecule is CCCN(CC(=O)OCC)c1cc(Br)cc(C#N)c1. The molecular weight excluding hydrogens is 308 g/mol. The minimum Gasteiger partial charge on any atom is -0.465 e. The summed E-state index contributed by atoms with van der Waals surface area (Å²) in [6.07, 6.45) is 0.911. The summed E-state index contributed by atoms with van der Waals surface area (Å²) in [5.41, 5.74) is 1.41. The molecule has 0 aliphatic rings. The number of carbonyl (C=O) groups excluding carboxylic acids is 1. The highest BCUT2D eigenvalue weighted by Crippen LogP contribution is 2.23. The Labute approximate surface area is 122 Å². The molecule has 5 heteroatoms. The van der Waals surface area contributed by atoms with Crippen LogP contribution in [0.25, 0.3) is 0 Å². The monoisotopic (exact) mass is 324 g/mol. The number of rotatable bonds is 6. The van der Waals surface area contributed by atoms with Gasteiger partial charge in [-0.3, -0.25) is 4.79 Å². The third-order valence-electron chi connectivity index (χ3n) is 2.50. The fraction of sp³-hybridized carbons (Fsp3) is 0.429. The molecule has 0 heterocycles. The molecule has 0 aliphatic carbocycles. The molecule has 4 nitrogen and oxygen atoms in total. The number of carbonyl (C=O) groups is 1. The van der Waals surface area contributed by atoms with Crippen LogP contribution < -0.4 is 4.90 Å². The Balaban J connectivity index is 2.95. The topological polar surface area (TPSA) is 53.3 Å². The van der Waals surface area contributed by atoms with Crippen molar-refractivity contribution < 1.29 is 9.53 Å². The van der Waals surface area contributed by atoms with Gasteiger partial charge in [-0.05, 0) is 31.5 Å². The summed E-state index contributed by atoms with van der Waals surface area (Å²) in [5.74, 6) is -0.255. The molecule has 0 saturated heterocycles. The van der Waals surface area contributed by atoms with Gasteiger partial charge in [-0.1, -0.05) is 22.9 Å². The third-order valence-corrected chi connectivity index (χ3v) is 2.95. The largest absolute Gasteiger partial charge is 0.465 e. The van der Waals surface area contributed by atoms with E-state index in [2.05, 4.69) is 22.0 Å². The lowest BCUT2D eigenvalue weighted by Crippen LogP contribution is -2.31. The summed E-state index contributed by atoms with van der Waals surface area (Å²) in [6.45, 7) is 5.14. The molecule has 0 aromatic heterocycles. The molecule has 1 aromatic carbocycles. The second-order valence-electron chi connectivity index (χ2n) is 4.04. The molecule has 102 valence electrons. The van der Waals surface area contributed by atoms with Crippen molar-refractivity contribution >= 4 is 27.6 Å². The highest BCUT2D eigenvalue weighted by molar-refractivity contribution is 9.10. The van der Waals surface area contributed by atoms with E-state index in [0.717, 1.165) is 23.1 Å². The second-order valence-corrected chi connectivity index (χ2v) is 4.95. The predicted molar refractivity (Wildman–Crippen MR) is 78.0 cm³/mol. The van der Waals surface area contributed by atoms with Gasteiger partial charge in [0.2, 0.25) is 0 Å². The first-order chi connectivity index (χ1) is 9.10. The van der Waals surface area contributed by atoms with Gasteiger partial charge in [0.25, 0.3) is 0 Å². The number of hydrogen-bond donors (Lipinski definition) is 0. The van der Waals surface area contributed by atoms with E-state index < -0.39 is 0 Å². The van der Waals surface area contributed by atoms with Crippen LogP contribution >= 0.6 is 15.9 Å². The van der Waals surface area contributed by atoms with E-state index in [1.54, 1.807) is 19.1 Å². The molecule has 0 fully saturated rings. The minimum absolute atomic E-state index is 0.197. The van der Waals surface area contributed by atoms with Crippen LogP contribution in [0.1, 0.15) is 25.8 Å². The van der Waals surface area contributed by atoms with Crippen molar-refractivity contribution in [1.29, 1.82) is 5.26 Å². The van der Waals surface area contributed by atoms with Gasteiger partial charge in [0.1, 0.15) is 6.54 Å². The van der Waals surface area contributed by atoms with Crippen molar-refractivity contribution in [2.45, 2.75) is 20.3 Å². The Kier molecular flexibility index (Phi) is 6.37.